The lowest BCUT2D eigenvalue weighted by atomic mass is 10.0. The molecule has 0 spiro atoms. The highest BCUT2D eigenvalue weighted by Crippen LogP contribution is 2.33. The van der Waals surface area contributed by atoms with Crippen molar-refractivity contribution < 1.29 is 9.18 Å². The maximum Gasteiger partial charge on any atom is 0.250 e. The summed E-state index contributed by atoms with van der Waals surface area (Å²) in [6.07, 6.45) is 5.17. The molecule has 1 amide bonds. The highest BCUT2D eigenvalue weighted by molar-refractivity contribution is 6.01. The van der Waals surface area contributed by atoms with Crippen LogP contribution in [0.3, 0.4) is 0 Å². The summed E-state index contributed by atoms with van der Waals surface area (Å²) >= 11 is 0. The minimum absolute atomic E-state index is 0.176. The average Bonchev–Trinajstić information content (AvgIpc) is 3.26. The van der Waals surface area contributed by atoms with Gasteiger partial charge in [0.05, 0.1) is 0 Å². The second kappa shape index (κ2) is 8.92. The first-order valence-electron chi connectivity index (χ1n) is 10.5. The molecule has 1 atom stereocenters. The molecule has 0 saturated carbocycles. The van der Waals surface area contributed by atoms with Crippen molar-refractivity contribution in [2.45, 2.75) is 6.04 Å². The molecule has 4 aromatic rings. The Labute approximate surface area is 190 Å². The van der Waals surface area contributed by atoms with E-state index in [1.54, 1.807) is 22.9 Å². The van der Waals surface area contributed by atoms with E-state index in [1.807, 2.05) is 66.7 Å². The largest absolute Gasteiger partial charge is 0.324 e. The molecule has 33 heavy (non-hydrogen) atoms. The normalized spacial score (nSPS) is 14.9. The van der Waals surface area contributed by atoms with Gasteiger partial charge in [-0.05, 0) is 41.0 Å². The summed E-state index contributed by atoms with van der Waals surface area (Å²) in [5.74, 6) is 0.0105. The van der Waals surface area contributed by atoms with Crippen LogP contribution in [0.4, 0.5) is 16.3 Å². The van der Waals surface area contributed by atoms with Gasteiger partial charge in [-0.2, -0.15) is 4.98 Å². The molecule has 2 heterocycles. The van der Waals surface area contributed by atoms with Gasteiger partial charge in [-0.25, -0.2) is 9.07 Å². The number of nitrogens with one attached hydrogen (secondary N) is 2. The number of hydrogen-bond donors (Lipinski definition) is 2. The number of amides is 1. The van der Waals surface area contributed by atoms with Crippen molar-refractivity contribution in [3.8, 4) is 0 Å². The van der Waals surface area contributed by atoms with E-state index in [-0.39, 0.29) is 23.7 Å². The van der Waals surface area contributed by atoms with Crippen LogP contribution in [-0.2, 0) is 4.79 Å². The monoisotopic (exact) mass is 437 g/mol. The standard InChI is InChI=1S/C26H20FN5O/c27-21-14-12-20(13-15-21)23-17-22(19-9-5-2-6-10-19)28-26-30-25(31-32(23)26)29-24(33)16-11-18-7-3-1-4-8-18/h1-17,23H,(H2,28,29,30,31,33)/b16-11+/t23-/m0/s1. The molecule has 0 aliphatic carbocycles. The van der Waals surface area contributed by atoms with Gasteiger partial charge in [0.2, 0.25) is 5.95 Å². The van der Waals surface area contributed by atoms with Gasteiger partial charge < -0.3 is 5.32 Å². The molecule has 2 N–H and O–H groups in total. The van der Waals surface area contributed by atoms with Crippen molar-refractivity contribution in [3.63, 3.8) is 0 Å². The molecule has 0 bridgehead atoms. The Kier molecular flexibility index (Phi) is 5.51. The van der Waals surface area contributed by atoms with Crippen molar-refractivity contribution in [1.29, 1.82) is 0 Å². The van der Waals surface area contributed by atoms with Crippen molar-refractivity contribution in [2.24, 2.45) is 0 Å². The van der Waals surface area contributed by atoms with Crippen molar-refractivity contribution in [2.75, 3.05) is 10.6 Å². The number of allylic oxidation sites excluding steroid dienone is 1. The van der Waals surface area contributed by atoms with Crippen LogP contribution in [0.2, 0.25) is 0 Å². The third kappa shape index (κ3) is 4.57. The maximum atomic E-state index is 13.5. The van der Waals surface area contributed by atoms with E-state index in [0.29, 0.717) is 5.95 Å². The lowest BCUT2D eigenvalue weighted by Gasteiger charge is -2.24. The zero-order valence-electron chi connectivity index (χ0n) is 17.5. The molecule has 1 aliphatic rings. The highest BCUT2D eigenvalue weighted by atomic mass is 19.1. The number of anilines is 2. The van der Waals surface area contributed by atoms with Gasteiger partial charge in [0, 0.05) is 11.8 Å². The van der Waals surface area contributed by atoms with E-state index in [9.17, 15) is 9.18 Å². The molecule has 3 aromatic carbocycles. The summed E-state index contributed by atoms with van der Waals surface area (Å²) in [5, 5.41) is 10.5. The van der Waals surface area contributed by atoms with Gasteiger partial charge in [-0.1, -0.05) is 72.8 Å². The van der Waals surface area contributed by atoms with Crippen LogP contribution < -0.4 is 10.6 Å². The molecule has 0 saturated heterocycles. The Morgan fingerprint density at radius 1 is 0.970 bits per heavy atom. The van der Waals surface area contributed by atoms with E-state index in [0.717, 1.165) is 22.4 Å². The van der Waals surface area contributed by atoms with Crippen LogP contribution in [0.5, 0.6) is 0 Å². The third-order valence-electron chi connectivity index (χ3n) is 5.22. The van der Waals surface area contributed by atoms with Crippen LogP contribution >= 0.6 is 0 Å². The van der Waals surface area contributed by atoms with E-state index >= 15 is 0 Å². The Morgan fingerprint density at radius 3 is 2.39 bits per heavy atom. The number of fused-ring (bicyclic) bond motifs is 1. The van der Waals surface area contributed by atoms with Crippen molar-refractivity contribution >= 4 is 29.6 Å². The lowest BCUT2D eigenvalue weighted by molar-refractivity contribution is -0.111. The Balaban J connectivity index is 1.44. The summed E-state index contributed by atoms with van der Waals surface area (Å²) in [7, 11) is 0. The molecular formula is C26H20FN5O. The zero-order valence-corrected chi connectivity index (χ0v) is 17.5. The average molecular weight is 437 g/mol. The van der Waals surface area contributed by atoms with E-state index in [2.05, 4.69) is 20.7 Å². The molecule has 7 heteroatoms. The molecular weight excluding hydrogens is 417 g/mol. The fourth-order valence-electron chi connectivity index (χ4n) is 3.62. The van der Waals surface area contributed by atoms with Crippen molar-refractivity contribution in [3.05, 3.63) is 120 Å². The van der Waals surface area contributed by atoms with Gasteiger partial charge >= 0.3 is 0 Å². The first-order chi connectivity index (χ1) is 16.2. The number of halogens is 1. The van der Waals surface area contributed by atoms with Gasteiger partial charge in [-0.15, -0.1) is 5.10 Å². The summed E-state index contributed by atoms with van der Waals surface area (Å²) in [6, 6.07) is 25.3. The number of carbonyl (C=O) groups excluding carboxylic acids is 1. The second-order valence-electron chi connectivity index (χ2n) is 7.50. The quantitative estimate of drug-likeness (QED) is 0.425. The summed E-state index contributed by atoms with van der Waals surface area (Å²) in [6.45, 7) is 0. The number of rotatable bonds is 5. The van der Waals surface area contributed by atoms with Gasteiger partial charge in [0.1, 0.15) is 11.9 Å². The first kappa shape index (κ1) is 20.4. The van der Waals surface area contributed by atoms with Crippen LogP contribution in [0.15, 0.2) is 97.1 Å². The fourth-order valence-corrected chi connectivity index (χ4v) is 3.62. The third-order valence-corrected chi connectivity index (χ3v) is 5.22. The number of aromatic nitrogens is 3. The Morgan fingerprint density at radius 2 is 1.67 bits per heavy atom. The molecule has 162 valence electrons. The van der Waals surface area contributed by atoms with Crippen LogP contribution in [0.1, 0.15) is 22.7 Å². The first-order valence-corrected chi connectivity index (χ1v) is 10.5. The summed E-state index contributed by atoms with van der Waals surface area (Å²) < 4.78 is 15.2. The SMILES string of the molecule is O=C(/C=C/c1ccccc1)Nc1nc2n(n1)[C@H](c1ccc(F)cc1)C=C(c1ccccc1)N2. The predicted octanol–water partition coefficient (Wildman–Crippen LogP) is 5.13. The predicted molar refractivity (Wildman–Crippen MR) is 127 cm³/mol. The van der Waals surface area contributed by atoms with Gasteiger partial charge in [-0.3, -0.25) is 10.1 Å². The molecule has 0 radical (unpaired) electrons. The van der Waals surface area contributed by atoms with Gasteiger partial charge in [0.15, 0.2) is 0 Å². The molecule has 6 nitrogen and oxygen atoms in total. The minimum atomic E-state index is -0.337. The number of hydrogen-bond acceptors (Lipinski definition) is 4. The lowest BCUT2D eigenvalue weighted by Crippen LogP contribution is -2.20. The Bertz CT molecular complexity index is 1330. The molecule has 0 unspecified atom stereocenters. The smallest absolute Gasteiger partial charge is 0.250 e. The van der Waals surface area contributed by atoms with E-state index < -0.39 is 0 Å². The number of nitrogens with zero attached hydrogens (tertiary/aromatic N) is 3. The van der Waals surface area contributed by atoms with Gasteiger partial charge in [0.25, 0.3) is 11.9 Å². The van der Waals surface area contributed by atoms with Crippen molar-refractivity contribution in [1.82, 2.24) is 14.8 Å². The highest BCUT2D eigenvalue weighted by Gasteiger charge is 2.25. The van der Waals surface area contributed by atoms with Crippen LogP contribution in [0.25, 0.3) is 11.8 Å². The topological polar surface area (TPSA) is 71.8 Å². The number of benzene rings is 3. The van der Waals surface area contributed by atoms with Crippen LogP contribution in [0, 0.1) is 5.82 Å². The summed E-state index contributed by atoms with van der Waals surface area (Å²) in [5.41, 5.74) is 3.60. The Hall–Kier alpha value is -4.52. The summed E-state index contributed by atoms with van der Waals surface area (Å²) in [4.78, 5) is 16.9. The molecule has 1 aromatic heterocycles. The second-order valence-corrected chi connectivity index (χ2v) is 7.50. The number of carbonyl (C=O) groups is 1. The van der Waals surface area contributed by atoms with Crippen LogP contribution in [-0.4, -0.2) is 20.7 Å². The van der Waals surface area contributed by atoms with E-state index in [4.69, 9.17) is 0 Å². The zero-order chi connectivity index (χ0) is 22.6. The maximum absolute atomic E-state index is 13.5. The molecule has 5 rings (SSSR count). The fraction of sp³-hybridized carbons (Fsp3) is 0.0385. The molecule has 1 aliphatic heterocycles. The van der Waals surface area contributed by atoms with E-state index in [1.165, 1.54) is 18.2 Å². The minimum Gasteiger partial charge on any atom is -0.324 e. The molecule has 0 fully saturated rings.